The number of anilines is 2. The quantitative estimate of drug-likeness (QED) is 0.366. The number of carbonyl (C=O) groups excluding carboxylic acids is 1. The van der Waals surface area contributed by atoms with E-state index >= 15 is 0 Å². The third kappa shape index (κ3) is 3.58. The normalized spacial score (nSPS) is 10.8. The molecule has 0 unspecified atom stereocenters. The molecule has 134 valence electrons. The van der Waals surface area contributed by atoms with E-state index in [-0.39, 0.29) is 5.91 Å². The van der Waals surface area contributed by atoms with E-state index in [1.165, 1.54) is 0 Å². The molecule has 0 aliphatic heterocycles. The average molecular weight is 376 g/mol. The summed E-state index contributed by atoms with van der Waals surface area (Å²) < 4.78 is 1.89. The number of nitrogens with two attached hydrogens (primary N) is 2. The van der Waals surface area contributed by atoms with Crippen LogP contribution in [0.2, 0.25) is 0 Å². The highest BCUT2D eigenvalue weighted by molar-refractivity contribution is 7.08. The number of hydrogen-bond acceptors (Lipinski definition) is 4. The van der Waals surface area contributed by atoms with E-state index in [4.69, 9.17) is 11.1 Å². The van der Waals surface area contributed by atoms with Crippen molar-refractivity contribution in [2.24, 2.45) is 0 Å². The molecule has 1 amide bonds. The average Bonchev–Trinajstić information content (AvgIpc) is 3.32. The summed E-state index contributed by atoms with van der Waals surface area (Å²) in [6.07, 6.45) is 4.09. The summed E-state index contributed by atoms with van der Waals surface area (Å²) in [6.45, 7) is 0. The first-order chi connectivity index (χ1) is 13.1. The van der Waals surface area contributed by atoms with Gasteiger partial charge in [-0.2, -0.15) is 11.3 Å². The predicted molar refractivity (Wildman–Crippen MR) is 108 cm³/mol. The Labute approximate surface area is 159 Å². The Hall–Kier alpha value is -3.45. The van der Waals surface area contributed by atoms with E-state index in [1.54, 1.807) is 29.5 Å². The molecule has 0 aliphatic rings. The second-order valence-corrected chi connectivity index (χ2v) is 6.94. The van der Waals surface area contributed by atoms with Gasteiger partial charge in [0.2, 0.25) is 11.6 Å². The zero-order valence-corrected chi connectivity index (χ0v) is 15.2. The summed E-state index contributed by atoms with van der Waals surface area (Å²) in [5.74, 6) is -0.0876. The lowest BCUT2D eigenvalue weighted by Gasteiger charge is -2.08. The number of nitrogens with zero attached hydrogens (tertiary/aromatic N) is 2. The third-order valence-corrected chi connectivity index (χ3v) is 4.94. The molecule has 3 aromatic heterocycles. The summed E-state index contributed by atoms with van der Waals surface area (Å²) in [6, 6.07) is 13.0. The lowest BCUT2D eigenvalue weighted by atomic mass is 10.0. The molecule has 6 nitrogen and oxygen atoms in total. The summed E-state index contributed by atoms with van der Waals surface area (Å²) in [5.41, 5.74) is 10.8. The lowest BCUT2D eigenvalue weighted by molar-refractivity contribution is -0.115. The molecule has 1 aromatic carbocycles. The molecule has 0 spiro atoms. The van der Waals surface area contributed by atoms with Gasteiger partial charge in [-0.3, -0.25) is 10.2 Å². The summed E-state index contributed by atoms with van der Waals surface area (Å²) in [7, 11) is 0. The number of aromatic nitrogens is 2. The zero-order chi connectivity index (χ0) is 18.8. The highest BCUT2D eigenvalue weighted by Gasteiger charge is 2.18. The molecule has 0 saturated heterocycles. The standard InChI is InChI=1S/C20H17N5OS/c21-16-5-4-14(23-19(26)9-13-6-8-27-12-13)10-15(16)20(22)17-11-25-7-2-1-3-18(25)24-17/h1-8,10-12,22H,9,21H2,(H,23,26)/p+1. The van der Waals surface area contributed by atoms with Gasteiger partial charge < -0.3 is 15.5 Å². The zero-order valence-electron chi connectivity index (χ0n) is 14.4. The largest absolute Gasteiger partial charge is 0.398 e. The fourth-order valence-corrected chi connectivity index (χ4v) is 3.52. The van der Waals surface area contributed by atoms with Crippen LogP contribution in [-0.4, -0.2) is 21.0 Å². The van der Waals surface area contributed by atoms with Crippen LogP contribution in [0.15, 0.2) is 65.6 Å². The summed E-state index contributed by atoms with van der Waals surface area (Å²) in [5, 5.41) is 13.2. The predicted octanol–water partition coefficient (Wildman–Crippen LogP) is 1.76. The number of hydrogen-bond donors (Lipinski definition) is 3. The number of imidazole rings is 1. The van der Waals surface area contributed by atoms with Crippen LogP contribution in [0.1, 0.15) is 16.8 Å². The van der Waals surface area contributed by atoms with Crippen molar-refractivity contribution in [3.05, 3.63) is 82.4 Å². The molecule has 27 heavy (non-hydrogen) atoms. The smallest absolute Gasteiger partial charge is 0.233 e. The molecule has 0 saturated carbocycles. The first kappa shape index (κ1) is 17.0. The van der Waals surface area contributed by atoms with Gasteiger partial charge in [0.25, 0.3) is 0 Å². The molecule has 7 heteroatoms. The second kappa shape index (κ2) is 7.05. The maximum absolute atomic E-state index is 12.2. The van der Waals surface area contributed by atoms with Gasteiger partial charge in [0.1, 0.15) is 5.65 Å². The number of rotatable bonds is 5. The SMILES string of the molecule is Nc1ccc(NC(=O)Cc2ccsc2)cc1C(=[NH2+])c1cn2ccccc2n1. The Morgan fingerprint density at radius 1 is 1.26 bits per heavy atom. The summed E-state index contributed by atoms with van der Waals surface area (Å²) >= 11 is 1.57. The van der Waals surface area contributed by atoms with E-state index in [0.717, 1.165) is 11.2 Å². The Morgan fingerprint density at radius 3 is 2.93 bits per heavy atom. The number of amides is 1. The van der Waals surface area contributed by atoms with Crippen molar-refractivity contribution in [3.63, 3.8) is 0 Å². The Kier molecular flexibility index (Phi) is 4.43. The van der Waals surface area contributed by atoms with Gasteiger partial charge in [0.15, 0.2) is 5.69 Å². The van der Waals surface area contributed by atoms with E-state index in [1.807, 2.05) is 51.8 Å². The van der Waals surface area contributed by atoms with Gasteiger partial charge >= 0.3 is 0 Å². The van der Waals surface area contributed by atoms with E-state index in [0.29, 0.717) is 34.8 Å². The number of fused-ring (bicyclic) bond motifs is 1. The molecular formula is C20H18N5OS+. The van der Waals surface area contributed by atoms with Gasteiger partial charge in [-0.15, -0.1) is 0 Å². The van der Waals surface area contributed by atoms with Crippen LogP contribution in [0.25, 0.3) is 5.65 Å². The first-order valence-electron chi connectivity index (χ1n) is 8.37. The topological polar surface area (TPSA) is 98.0 Å². The maximum atomic E-state index is 12.2. The van der Waals surface area contributed by atoms with Gasteiger partial charge in [-0.05, 0) is 52.7 Å². The Bertz CT molecular complexity index is 1100. The molecule has 0 aliphatic carbocycles. The number of nitrogen functional groups attached to an aromatic ring is 1. The number of thiophene rings is 1. The number of pyridine rings is 1. The number of nitrogens with one attached hydrogen (secondary N) is 1. The van der Waals surface area contributed by atoms with Crippen LogP contribution < -0.4 is 16.5 Å². The fourth-order valence-electron chi connectivity index (χ4n) is 2.85. The second-order valence-electron chi connectivity index (χ2n) is 6.16. The van der Waals surface area contributed by atoms with E-state index in [2.05, 4.69) is 10.3 Å². The molecule has 0 radical (unpaired) electrons. The molecule has 4 aromatic rings. The highest BCUT2D eigenvalue weighted by atomic mass is 32.1. The number of benzene rings is 1. The van der Waals surface area contributed by atoms with E-state index < -0.39 is 0 Å². The van der Waals surface area contributed by atoms with Gasteiger partial charge in [-0.1, -0.05) is 6.07 Å². The van der Waals surface area contributed by atoms with Crippen LogP contribution in [0.4, 0.5) is 11.4 Å². The van der Waals surface area contributed by atoms with Crippen LogP contribution in [0.5, 0.6) is 0 Å². The summed E-state index contributed by atoms with van der Waals surface area (Å²) in [4.78, 5) is 16.8. The first-order valence-corrected chi connectivity index (χ1v) is 9.32. The van der Waals surface area contributed by atoms with Crippen LogP contribution >= 0.6 is 11.3 Å². The molecular weight excluding hydrogens is 358 g/mol. The maximum Gasteiger partial charge on any atom is 0.233 e. The van der Waals surface area contributed by atoms with Gasteiger partial charge in [0, 0.05) is 23.8 Å². The fraction of sp³-hybridized carbons (Fsp3) is 0.0500. The minimum atomic E-state index is -0.0876. The lowest BCUT2D eigenvalue weighted by Crippen LogP contribution is -2.41. The van der Waals surface area contributed by atoms with E-state index in [9.17, 15) is 4.79 Å². The molecule has 0 fully saturated rings. The van der Waals surface area contributed by atoms with Crippen LogP contribution in [-0.2, 0) is 11.2 Å². The van der Waals surface area contributed by atoms with Crippen molar-refractivity contribution in [1.82, 2.24) is 9.38 Å². The Balaban J connectivity index is 1.58. The monoisotopic (exact) mass is 376 g/mol. The molecule has 0 atom stereocenters. The van der Waals surface area contributed by atoms with Gasteiger partial charge in [0.05, 0.1) is 12.0 Å². The number of carbonyl (C=O) groups is 1. The molecule has 3 heterocycles. The van der Waals surface area contributed by atoms with Crippen molar-refractivity contribution in [2.75, 3.05) is 11.1 Å². The van der Waals surface area contributed by atoms with Gasteiger partial charge in [-0.25, -0.2) is 4.98 Å². The van der Waals surface area contributed by atoms with Crippen molar-refractivity contribution in [2.45, 2.75) is 6.42 Å². The third-order valence-electron chi connectivity index (χ3n) is 4.21. The molecule has 5 N–H and O–H groups in total. The van der Waals surface area contributed by atoms with Crippen molar-refractivity contribution in [3.8, 4) is 0 Å². The van der Waals surface area contributed by atoms with Crippen molar-refractivity contribution >= 4 is 40.0 Å². The Morgan fingerprint density at radius 2 is 2.15 bits per heavy atom. The van der Waals surface area contributed by atoms with Crippen molar-refractivity contribution < 1.29 is 10.2 Å². The molecule has 0 bridgehead atoms. The van der Waals surface area contributed by atoms with Crippen LogP contribution in [0.3, 0.4) is 0 Å². The minimum Gasteiger partial charge on any atom is -0.398 e. The molecule has 4 rings (SSSR count). The van der Waals surface area contributed by atoms with Crippen LogP contribution in [0, 0.1) is 0 Å². The van der Waals surface area contributed by atoms with Crippen molar-refractivity contribution in [1.29, 1.82) is 0 Å². The highest BCUT2D eigenvalue weighted by Crippen LogP contribution is 2.21. The minimum absolute atomic E-state index is 0.0876.